The van der Waals surface area contributed by atoms with Crippen LogP contribution in [0.4, 0.5) is 0 Å². The number of hydrogen-bond acceptors (Lipinski definition) is 4. The van der Waals surface area contributed by atoms with E-state index in [1.54, 1.807) is 6.07 Å². The Labute approximate surface area is 249 Å². The minimum Gasteiger partial charge on any atom is -0.456 e. The fourth-order valence-corrected chi connectivity index (χ4v) is 7.30. The van der Waals surface area contributed by atoms with Crippen LogP contribution in [0.15, 0.2) is 129 Å². The molecule has 0 aliphatic heterocycles. The summed E-state index contributed by atoms with van der Waals surface area (Å²) in [6.45, 7) is 0. The number of para-hydroxylation sites is 2. The summed E-state index contributed by atoms with van der Waals surface area (Å²) in [6, 6.07) is 37.4. The zero-order valence-corrected chi connectivity index (χ0v) is 23.3. The summed E-state index contributed by atoms with van der Waals surface area (Å²) in [5.74, 6) is -0.0383. The standard InChI is InChI=1S/C39H21NO4/c41-38-23-9-2-1-8-21(23)18-22-19-27-34(20-26(22)38)44-32-15-7-13-29(37(32)39(27)42)40-28-12-5-3-10-24(28)35-30(40)16-17-33-36(35)25-11-4-6-14-31(25)43-33/h1-17,19-20H,18H2. The normalized spacial score (nSPS) is 13.0. The van der Waals surface area contributed by atoms with Crippen LogP contribution in [0.5, 0.6) is 0 Å². The number of carbonyl (C=O) groups excluding carboxylic acids is 1. The molecule has 6 aromatic carbocycles. The van der Waals surface area contributed by atoms with Gasteiger partial charge in [-0.25, -0.2) is 0 Å². The Kier molecular flexibility index (Phi) is 4.47. The molecule has 0 fully saturated rings. The summed E-state index contributed by atoms with van der Waals surface area (Å²) in [5.41, 5.74) is 8.26. The number of rotatable bonds is 1. The van der Waals surface area contributed by atoms with E-state index in [1.807, 2.05) is 84.9 Å². The van der Waals surface area contributed by atoms with Crippen molar-refractivity contribution in [1.29, 1.82) is 0 Å². The summed E-state index contributed by atoms with van der Waals surface area (Å²) in [4.78, 5) is 27.8. The second kappa shape index (κ2) is 8.33. The maximum atomic E-state index is 14.5. The van der Waals surface area contributed by atoms with Gasteiger partial charge in [0.2, 0.25) is 5.43 Å². The van der Waals surface area contributed by atoms with Gasteiger partial charge in [-0.05, 0) is 66.1 Å². The highest BCUT2D eigenvalue weighted by Crippen LogP contribution is 2.42. The topological polar surface area (TPSA) is 65.3 Å². The van der Waals surface area contributed by atoms with Crippen LogP contribution in [0.25, 0.3) is 71.4 Å². The summed E-state index contributed by atoms with van der Waals surface area (Å²) in [7, 11) is 0. The molecule has 3 heterocycles. The molecule has 0 spiro atoms. The highest BCUT2D eigenvalue weighted by molar-refractivity contribution is 6.27. The smallest absolute Gasteiger partial charge is 0.202 e. The van der Waals surface area contributed by atoms with Gasteiger partial charge in [0.15, 0.2) is 5.78 Å². The van der Waals surface area contributed by atoms with Crippen molar-refractivity contribution < 1.29 is 13.6 Å². The lowest BCUT2D eigenvalue weighted by atomic mass is 9.84. The lowest BCUT2D eigenvalue weighted by molar-refractivity contribution is 0.103. The van der Waals surface area contributed by atoms with Crippen LogP contribution in [-0.4, -0.2) is 10.4 Å². The van der Waals surface area contributed by atoms with E-state index >= 15 is 0 Å². The van der Waals surface area contributed by atoms with E-state index in [2.05, 4.69) is 28.8 Å². The summed E-state index contributed by atoms with van der Waals surface area (Å²) in [6.07, 6.45) is 0.591. The number of aromatic nitrogens is 1. The number of fused-ring (bicyclic) bond motifs is 11. The maximum absolute atomic E-state index is 14.5. The number of hydrogen-bond donors (Lipinski definition) is 0. The van der Waals surface area contributed by atoms with Crippen molar-refractivity contribution in [2.24, 2.45) is 0 Å². The SMILES string of the molecule is O=C1c2ccccc2Cc2cc3c(=O)c4c(-n5c6ccccc6c6c7c(ccc65)oc5ccccc57)cccc4oc3cc21. The second-order valence-corrected chi connectivity index (χ2v) is 11.5. The van der Waals surface area contributed by atoms with Gasteiger partial charge in [-0.2, -0.15) is 0 Å². The third kappa shape index (κ3) is 2.98. The molecular formula is C39H21NO4. The van der Waals surface area contributed by atoms with Crippen LogP contribution in [0.1, 0.15) is 27.0 Å². The number of carbonyl (C=O) groups is 1. The second-order valence-electron chi connectivity index (χ2n) is 11.5. The fourth-order valence-electron chi connectivity index (χ4n) is 7.30. The average molecular weight is 568 g/mol. The molecule has 3 aromatic heterocycles. The van der Waals surface area contributed by atoms with Crippen molar-refractivity contribution in [3.8, 4) is 5.69 Å². The van der Waals surface area contributed by atoms with E-state index in [0.717, 1.165) is 60.6 Å². The molecule has 10 rings (SSSR count). The fraction of sp³-hybridized carbons (Fsp3) is 0.0256. The predicted molar refractivity (Wildman–Crippen MR) is 174 cm³/mol. The number of ketones is 1. The van der Waals surface area contributed by atoms with Gasteiger partial charge in [0.05, 0.1) is 27.5 Å². The first-order chi connectivity index (χ1) is 21.7. The van der Waals surface area contributed by atoms with Crippen LogP contribution in [0, 0.1) is 0 Å². The molecule has 5 heteroatoms. The molecule has 1 aliphatic carbocycles. The largest absolute Gasteiger partial charge is 0.456 e. The lowest BCUT2D eigenvalue weighted by Crippen LogP contribution is -2.16. The number of furan rings is 1. The van der Waals surface area contributed by atoms with Gasteiger partial charge in [0.25, 0.3) is 0 Å². The quantitative estimate of drug-likeness (QED) is 0.186. The third-order valence-corrected chi connectivity index (χ3v) is 9.21. The van der Waals surface area contributed by atoms with Crippen molar-refractivity contribution in [2.45, 2.75) is 6.42 Å². The zero-order valence-electron chi connectivity index (χ0n) is 23.3. The number of nitrogens with zero attached hydrogens (tertiary/aromatic N) is 1. The first-order valence-corrected chi connectivity index (χ1v) is 14.6. The van der Waals surface area contributed by atoms with E-state index in [9.17, 15) is 9.59 Å². The molecule has 0 N–H and O–H groups in total. The molecule has 0 atom stereocenters. The molecule has 0 radical (unpaired) electrons. The molecule has 5 nitrogen and oxygen atoms in total. The predicted octanol–water partition coefficient (Wildman–Crippen LogP) is 9.08. The van der Waals surface area contributed by atoms with Crippen LogP contribution < -0.4 is 5.43 Å². The molecule has 9 aromatic rings. The molecule has 0 amide bonds. The Morgan fingerprint density at radius 3 is 2.18 bits per heavy atom. The Balaban J connectivity index is 1.30. The minimum absolute atomic E-state index is 0.0383. The highest BCUT2D eigenvalue weighted by Gasteiger charge is 2.26. The molecule has 206 valence electrons. The zero-order chi connectivity index (χ0) is 29.1. The maximum Gasteiger partial charge on any atom is 0.202 e. The minimum atomic E-state index is -0.119. The Bertz CT molecular complexity index is 2790. The highest BCUT2D eigenvalue weighted by atomic mass is 16.3. The molecule has 0 unspecified atom stereocenters. The lowest BCUT2D eigenvalue weighted by Gasteiger charge is -2.19. The first kappa shape index (κ1) is 23.6. The van der Waals surface area contributed by atoms with Crippen molar-refractivity contribution >= 4 is 71.5 Å². The van der Waals surface area contributed by atoms with E-state index < -0.39 is 0 Å². The van der Waals surface area contributed by atoms with E-state index in [0.29, 0.717) is 39.5 Å². The van der Waals surface area contributed by atoms with Gasteiger partial charge in [-0.3, -0.25) is 9.59 Å². The van der Waals surface area contributed by atoms with Crippen molar-refractivity contribution in [1.82, 2.24) is 4.57 Å². The van der Waals surface area contributed by atoms with E-state index in [-0.39, 0.29) is 11.2 Å². The molecule has 44 heavy (non-hydrogen) atoms. The van der Waals surface area contributed by atoms with Gasteiger partial charge in [0.1, 0.15) is 22.3 Å². The van der Waals surface area contributed by atoms with E-state index in [4.69, 9.17) is 8.83 Å². The monoisotopic (exact) mass is 567 g/mol. The third-order valence-electron chi connectivity index (χ3n) is 9.21. The average Bonchev–Trinajstić information content (AvgIpc) is 3.60. The summed E-state index contributed by atoms with van der Waals surface area (Å²) in [5, 5.41) is 5.24. The Morgan fingerprint density at radius 1 is 0.500 bits per heavy atom. The molecular weight excluding hydrogens is 546 g/mol. The molecule has 0 saturated carbocycles. The molecule has 0 saturated heterocycles. The Morgan fingerprint density at radius 2 is 1.25 bits per heavy atom. The van der Waals surface area contributed by atoms with Crippen LogP contribution in [0.3, 0.4) is 0 Å². The summed E-state index contributed by atoms with van der Waals surface area (Å²) < 4.78 is 14.8. The number of benzene rings is 6. The van der Waals surface area contributed by atoms with Crippen molar-refractivity contribution in [2.75, 3.05) is 0 Å². The van der Waals surface area contributed by atoms with Gasteiger partial charge in [-0.15, -0.1) is 0 Å². The summed E-state index contributed by atoms with van der Waals surface area (Å²) >= 11 is 0. The Hall–Kier alpha value is -5.94. The van der Waals surface area contributed by atoms with Crippen LogP contribution in [-0.2, 0) is 6.42 Å². The van der Waals surface area contributed by atoms with Gasteiger partial charge in [0, 0.05) is 32.7 Å². The molecule has 0 bridgehead atoms. The van der Waals surface area contributed by atoms with Gasteiger partial charge < -0.3 is 13.4 Å². The van der Waals surface area contributed by atoms with E-state index in [1.165, 1.54) is 0 Å². The van der Waals surface area contributed by atoms with Gasteiger partial charge >= 0.3 is 0 Å². The van der Waals surface area contributed by atoms with Gasteiger partial charge in [-0.1, -0.05) is 66.7 Å². The first-order valence-electron chi connectivity index (χ1n) is 14.6. The van der Waals surface area contributed by atoms with Crippen molar-refractivity contribution in [3.63, 3.8) is 0 Å². The molecule has 1 aliphatic rings. The van der Waals surface area contributed by atoms with Crippen LogP contribution in [0.2, 0.25) is 0 Å². The van der Waals surface area contributed by atoms with Crippen LogP contribution >= 0.6 is 0 Å². The van der Waals surface area contributed by atoms with Crippen molar-refractivity contribution in [3.05, 3.63) is 148 Å².